The van der Waals surface area contributed by atoms with Crippen LogP contribution in [0.3, 0.4) is 0 Å². The van der Waals surface area contributed by atoms with Crippen molar-refractivity contribution in [3.63, 3.8) is 0 Å². The average Bonchev–Trinajstić information content (AvgIpc) is 2.44. The molecule has 21 heavy (non-hydrogen) atoms. The lowest BCUT2D eigenvalue weighted by atomic mass is 9.58. The Labute approximate surface area is 130 Å². The van der Waals surface area contributed by atoms with Crippen LogP contribution in [0.15, 0.2) is 24.3 Å². The van der Waals surface area contributed by atoms with Gasteiger partial charge in [0.2, 0.25) is 0 Å². The molecule has 0 radical (unpaired) electrons. The molecule has 2 nitrogen and oxygen atoms in total. The van der Waals surface area contributed by atoms with E-state index in [1.165, 1.54) is 5.56 Å². The minimum Gasteiger partial charge on any atom is -0.489 e. The Morgan fingerprint density at radius 3 is 2.33 bits per heavy atom. The minimum atomic E-state index is 0.115. The molecule has 2 rings (SSSR count). The molecule has 0 spiro atoms. The summed E-state index contributed by atoms with van der Waals surface area (Å²) in [7, 11) is 2.07. The maximum atomic E-state index is 6.50. The van der Waals surface area contributed by atoms with Crippen LogP contribution in [0, 0.1) is 5.41 Å². The molecule has 1 aromatic rings. The van der Waals surface area contributed by atoms with Gasteiger partial charge in [-0.15, -0.1) is 0 Å². The Morgan fingerprint density at radius 2 is 1.81 bits per heavy atom. The van der Waals surface area contributed by atoms with E-state index < -0.39 is 0 Å². The van der Waals surface area contributed by atoms with Gasteiger partial charge in [0.15, 0.2) is 0 Å². The van der Waals surface area contributed by atoms with Crippen molar-refractivity contribution < 1.29 is 4.74 Å². The van der Waals surface area contributed by atoms with Crippen LogP contribution < -0.4 is 10.1 Å². The third-order valence-corrected chi connectivity index (χ3v) is 5.41. The lowest BCUT2D eigenvalue weighted by Crippen LogP contribution is -2.63. The monoisotopic (exact) mass is 289 g/mol. The molecule has 0 bridgehead atoms. The second-order valence-electron chi connectivity index (χ2n) is 7.37. The Bertz CT molecular complexity index is 471. The number of nitrogens with one attached hydrogen (secondary N) is 1. The van der Waals surface area contributed by atoms with E-state index in [4.69, 9.17) is 4.74 Å². The molecule has 0 aliphatic heterocycles. The van der Waals surface area contributed by atoms with Crippen molar-refractivity contribution >= 4 is 0 Å². The molecular weight excluding hydrogens is 258 g/mol. The van der Waals surface area contributed by atoms with Gasteiger partial charge in [-0.1, -0.05) is 52.8 Å². The van der Waals surface area contributed by atoms with Crippen molar-refractivity contribution in [1.82, 2.24) is 5.32 Å². The molecule has 1 aliphatic rings. The lowest BCUT2D eigenvalue weighted by molar-refractivity contribution is -0.0842. The van der Waals surface area contributed by atoms with Crippen LogP contribution in [0.2, 0.25) is 0 Å². The third-order valence-electron chi connectivity index (χ3n) is 5.41. The molecule has 1 aliphatic carbocycles. The van der Waals surface area contributed by atoms with Gasteiger partial charge < -0.3 is 10.1 Å². The molecule has 0 heterocycles. The smallest absolute Gasteiger partial charge is 0.123 e. The van der Waals surface area contributed by atoms with Crippen molar-refractivity contribution in [3.05, 3.63) is 29.8 Å². The summed E-state index contributed by atoms with van der Waals surface area (Å²) < 4.78 is 6.50. The molecule has 0 aromatic heterocycles. The van der Waals surface area contributed by atoms with Crippen molar-refractivity contribution in [2.75, 3.05) is 7.05 Å². The highest BCUT2D eigenvalue weighted by Gasteiger charge is 2.53. The van der Waals surface area contributed by atoms with E-state index in [0.29, 0.717) is 12.1 Å². The van der Waals surface area contributed by atoms with Crippen LogP contribution in [0.5, 0.6) is 5.75 Å². The van der Waals surface area contributed by atoms with Crippen molar-refractivity contribution in [2.24, 2.45) is 5.41 Å². The first-order chi connectivity index (χ1) is 9.89. The summed E-state index contributed by atoms with van der Waals surface area (Å²) >= 11 is 0. The molecular formula is C19H31NO. The van der Waals surface area contributed by atoms with E-state index in [1.54, 1.807) is 0 Å². The molecule has 2 atom stereocenters. The highest BCUT2D eigenvalue weighted by atomic mass is 16.5. The van der Waals surface area contributed by atoms with Gasteiger partial charge in [0.05, 0.1) is 0 Å². The van der Waals surface area contributed by atoms with Crippen LogP contribution in [-0.2, 0) is 5.41 Å². The summed E-state index contributed by atoms with van der Waals surface area (Å²) in [6.07, 6.45) is 3.76. The predicted octanol–water partition coefficient (Wildman–Crippen LogP) is 4.53. The van der Waals surface area contributed by atoms with Crippen molar-refractivity contribution in [2.45, 2.75) is 71.4 Å². The van der Waals surface area contributed by atoms with Crippen molar-refractivity contribution in [1.29, 1.82) is 0 Å². The Hall–Kier alpha value is -1.02. The number of hydrogen-bond donors (Lipinski definition) is 1. The molecule has 2 heteroatoms. The standard InChI is InChI=1S/C19H31NO/c1-7-19(8-2)16(20-6)13-17(19)21-15-12-10-9-11-14(15)18(3,4)5/h9-12,16-17,20H,7-8,13H2,1-6H3. The number of ether oxygens (including phenoxy) is 1. The predicted molar refractivity (Wildman–Crippen MR) is 90.0 cm³/mol. The summed E-state index contributed by atoms with van der Waals surface area (Å²) in [6, 6.07) is 9.10. The summed E-state index contributed by atoms with van der Waals surface area (Å²) in [5.74, 6) is 1.07. The zero-order valence-electron chi connectivity index (χ0n) is 14.5. The Kier molecular flexibility index (Phi) is 4.67. The molecule has 1 N–H and O–H groups in total. The second-order valence-corrected chi connectivity index (χ2v) is 7.37. The van der Waals surface area contributed by atoms with E-state index in [1.807, 2.05) is 0 Å². The molecule has 1 fully saturated rings. The molecule has 1 saturated carbocycles. The zero-order chi connectivity index (χ0) is 15.7. The van der Waals surface area contributed by atoms with Gasteiger partial charge in [0, 0.05) is 17.9 Å². The Morgan fingerprint density at radius 1 is 1.19 bits per heavy atom. The lowest BCUT2D eigenvalue weighted by Gasteiger charge is -2.55. The fourth-order valence-corrected chi connectivity index (χ4v) is 3.86. The van der Waals surface area contributed by atoms with Gasteiger partial charge in [0.1, 0.15) is 11.9 Å². The first-order valence-corrected chi connectivity index (χ1v) is 8.32. The van der Waals surface area contributed by atoms with Crippen LogP contribution in [0.1, 0.15) is 59.4 Å². The van der Waals surface area contributed by atoms with E-state index in [9.17, 15) is 0 Å². The fourth-order valence-electron chi connectivity index (χ4n) is 3.86. The number of hydrogen-bond acceptors (Lipinski definition) is 2. The first kappa shape index (κ1) is 16.4. The van der Waals surface area contributed by atoms with E-state index >= 15 is 0 Å². The maximum Gasteiger partial charge on any atom is 0.123 e. The number of para-hydroxylation sites is 1. The number of benzene rings is 1. The first-order valence-electron chi connectivity index (χ1n) is 8.32. The zero-order valence-corrected chi connectivity index (χ0v) is 14.5. The molecule has 1 aromatic carbocycles. The second kappa shape index (κ2) is 6.00. The summed E-state index contributed by atoms with van der Waals surface area (Å²) in [6.45, 7) is 11.3. The molecule has 0 amide bonds. The van der Waals surface area contributed by atoms with Crippen LogP contribution in [0.4, 0.5) is 0 Å². The van der Waals surface area contributed by atoms with Crippen LogP contribution >= 0.6 is 0 Å². The maximum absolute atomic E-state index is 6.50. The van der Waals surface area contributed by atoms with Gasteiger partial charge in [-0.05, 0) is 36.9 Å². The van der Waals surface area contributed by atoms with Gasteiger partial charge in [0.25, 0.3) is 0 Å². The van der Waals surface area contributed by atoms with Gasteiger partial charge >= 0.3 is 0 Å². The van der Waals surface area contributed by atoms with Gasteiger partial charge in [-0.25, -0.2) is 0 Å². The van der Waals surface area contributed by atoms with Gasteiger partial charge in [-0.2, -0.15) is 0 Å². The topological polar surface area (TPSA) is 21.3 Å². The molecule has 2 unspecified atom stereocenters. The normalized spacial score (nSPS) is 24.5. The number of rotatable bonds is 5. The SMILES string of the molecule is CCC1(CC)C(NC)CC1Oc1ccccc1C(C)(C)C. The highest BCUT2D eigenvalue weighted by Crippen LogP contribution is 2.49. The summed E-state index contributed by atoms with van der Waals surface area (Å²) in [5, 5.41) is 3.47. The van der Waals surface area contributed by atoms with E-state index in [2.05, 4.69) is 71.2 Å². The fraction of sp³-hybridized carbons (Fsp3) is 0.684. The van der Waals surface area contributed by atoms with Crippen LogP contribution in [0.25, 0.3) is 0 Å². The Balaban J connectivity index is 2.24. The molecule has 118 valence electrons. The van der Waals surface area contributed by atoms with E-state index in [-0.39, 0.29) is 10.8 Å². The van der Waals surface area contributed by atoms with Gasteiger partial charge in [-0.3, -0.25) is 0 Å². The van der Waals surface area contributed by atoms with E-state index in [0.717, 1.165) is 25.0 Å². The highest BCUT2D eigenvalue weighted by molar-refractivity contribution is 5.39. The molecule has 0 saturated heterocycles. The van der Waals surface area contributed by atoms with Crippen LogP contribution in [-0.4, -0.2) is 19.2 Å². The third kappa shape index (κ3) is 2.83. The summed E-state index contributed by atoms with van der Waals surface area (Å²) in [4.78, 5) is 0. The minimum absolute atomic E-state index is 0.115. The quantitative estimate of drug-likeness (QED) is 0.860. The van der Waals surface area contributed by atoms with Crippen molar-refractivity contribution in [3.8, 4) is 5.75 Å². The summed E-state index contributed by atoms with van der Waals surface area (Å²) in [5.41, 5.74) is 1.70. The average molecular weight is 289 g/mol. The largest absolute Gasteiger partial charge is 0.489 e.